The number of aryl methyl sites for hydroxylation is 1. The number of rotatable bonds is 2. The van der Waals surface area contributed by atoms with Gasteiger partial charge in [0.2, 0.25) is 11.6 Å². The van der Waals surface area contributed by atoms with Crippen molar-refractivity contribution >= 4 is 25.4 Å². The largest absolute Gasteiger partial charge is 0.341 e. The Labute approximate surface area is 93.2 Å². The Morgan fingerprint density at radius 1 is 1.38 bits per heavy atom. The average Bonchev–Trinajstić information content (AvgIpc) is 2.09. The van der Waals surface area contributed by atoms with Gasteiger partial charge in [-0.3, -0.25) is 10.1 Å². The van der Waals surface area contributed by atoms with Crippen molar-refractivity contribution in [1.29, 1.82) is 0 Å². The minimum absolute atomic E-state index is 0.382. The average molecular weight is 272 g/mol. The van der Waals surface area contributed by atoms with Gasteiger partial charge in [-0.15, -0.1) is 0 Å². The van der Waals surface area contributed by atoms with Crippen LogP contribution in [0.3, 0.4) is 0 Å². The molecule has 5 nitrogen and oxygen atoms in total. The molecule has 0 bridgehead atoms. The molecule has 16 heavy (non-hydrogen) atoms. The van der Waals surface area contributed by atoms with Gasteiger partial charge in [-0.2, -0.15) is 8.78 Å². The summed E-state index contributed by atoms with van der Waals surface area (Å²) in [6, 6.07) is 0.597. The van der Waals surface area contributed by atoms with E-state index < -0.39 is 36.2 Å². The SMILES string of the molecule is Cc1cc(S(=O)(=O)Cl)c(F)c([N+](=O)[O-])c1F. The molecule has 0 saturated carbocycles. The molecule has 0 amide bonds. The van der Waals surface area contributed by atoms with Crippen LogP contribution in [0.4, 0.5) is 14.5 Å². The summed E-state index contributed by atoms with van der Waals surface area (Å²) >= 11 is 0. The Hall–Kier alpha value is -1.28. The number of benzene rings is 1. The summed E-state index contributed by atoms with van der Waals surface area (Å²) in [6.07, 6.45) is 0. The molecular weight excluding hydrogens is 268 g/mol. The molecule has 0 aliphatic rings. The molecule has 0 aliphatic heterocycles. The number of halogens is 3. The molecule has 1 aromatic rings. The van der Waals surface area contributed by atoms with Crippen molar-refractivity contribution in [3.05, 3.63) is 33.4 Å². The molecule has 0 atom stereocenters. The topological polar surface area (TPSA) is 77.3 Å². The Balaban J connectivity index is 3.78. The molecule has 0 fully saturated rings. The normalized spacial score (nSPS) is 11.5. The lowest BCUT2D eigenvalue weighted by Gasteiger charge is -2.03. The second-order valence-corrected chi connectivity index (χ2v) is 5.40. The molecule has 1 aromatic carbocycles. The van der Waals surface area contributed by atoms with Gasteiger partial charge in [-0.25, -0.2) is 8.42 Å². The third-order valence-electron chi connectivity index (χ3n) is 1.77. The van der Waals surface area contributed by atoms with E-state index in [-0.39, 0.29) is 5.56 Å². The molecule has 0 spiro atoms. The maximum Gasteiger partial charge on any atom is 0.341 e. The van der Waals surface area contributed by atoms with Crippen LogP contribution in [0.1, 0.15) is 5.56 Å². The van der Waals surface area contributed by atoms with Crippen LogP contribution in [0.25, 0.3) is 0 Å². The lowest BCUT2D eigenvalue weighted by Crippen LogP contribution is -2.05. The highest BCUT2D eigenvalue weighted by Gasteiger charge is 2.30. The van der Waals surface area contributed by atoms with Gasteiger partial charge in [0, 0.05) is 10.7 Å². The lowest BCUT2D eigenvalue weighted by atomic mass is 10.2. The summed E-state index contributed by atoms with van der Waals surface area (Å²) in [4.78, 5) is 7.91. The Morgan fingerprint density at radius 2 is 1.88 bits per heavy atom. The van der Waals surface area contributed by atoms with Gasteiger partial charge >= 0.3 is 5.69 Å². The highest BCUT2D eigenvalue weighted by Crippen LogP contribution is 2.31. The quantitative estimate of drug-likeness (QED) is 0.469. The van der Waals surface area contributed by atoms with E-state index in [2.05, 4.69) is 0 Å². The molecule has 0 N–H and O–H groups in total. The van der Waals surface area contributed by atoms with E-state index >= 15 is 0 Å². The van der Waals surface area contributed by atoms with E-state index in [1.165, 1.54) is 0 Å². The smallest absolute Gasteiger partial charge is 0.258 e. The monoisotopic (exact) mass is 271 g/mol. The van der Waals surface area contributed by atoms with Crippen LogP contribution in [0.5, 0.6) is 0 Å². The summed E-state index contributed by atoms with van der Waals surface area (Å²) in [6.45, 7) is 1.06. The van der Waals surface area contributed by atoms with Crippen molar-refractivity contribution in [2.75, 3.05) is 0 Å². The molecule has 0 unspecified atom stereocenters. The van der Waals surface area contributed by atoms with Gasteiger partial charge in [0.15, 0.2) is 0 Å². The third-order valence-corrected chi connectivity index (χ3v) is 3.09. The maximum atomic E-state index is 13.3. The molecule has 0 aliphatic carbocycles. The van der Waals surface area contributed by atoms with Gasteiger partial charge in [0.1, 0.15) is 4.90 Å². The van der Waals surface area contributed by atoms with Crippen LogP contribution in [-0.2, 0) is 9.05 Å². The van der Waals surface area contributed by atoms with Crippen molar-refractivity contribution in [3.8, 4) is 0 Å². The van der Waals surface area contributed by atoms with Crippen molar-refractivity contribution in [2.45, 2.75) is 11.8 Å². The first kappa shape index (κ1) is 12.8. The van der Waals surface area contributed by atoms with E-state index in [1.807, 2.05) is 0 Å². The van der Waals surface area contributed by atoms with Gasteiger partial charge in [-0.1, -0.05) is 0 Å². The summed E-state index contributed by atoms with van der Waals surface area (Å²) in [5.41, 5.74) is -1.91. The zero-order valence-corrected chi connectivity index (χ0v) is 9.27. The molecule has 9 heteroatoms. The van der Waals surface area contributed by atoms with Gasteiger partial charge in [-0.05, 0) is 18.6 Å². The Kier molecular flexibility index (Phi) is 3.15. The Bertz CT molecular complexity index is 572. The molecule has 0 aromatic heterocycles. The van der Waals surface area contributed by atoms with E-state index in [9.17, 15) is 27.3 Å². The fourth-order valence-corrected chi connectivity index (χ4v) is 2.03. The van der Waals surface area contributed by atoms with Crippen molar-refractivity contribution in [3.63, 3.8) is 0 Å². The van der Waals surface area contributed by atoms with E-state index in [4.69, 9.17) is 10.7 Å². The molecule has 0 radical (unpaired) electrons. The number of hydrogen-bond donors (Lipinski definition) is 0. The van der Waals surface area contributed by atoms with Crippen molar-refractivity contribution in [2.24, 2.45) is 0 Å². The molecule has 88 valence electrons. The highest BCUT2D eigenvalue weighted by molar-refractivity contribution is 8.13. The summed E-state index contributed by atoms with van der Waals surface area (Å²) in [5.74, 6) is -3.23. The van der Waals surface area contributed by atoms with Crippen LogP contribution in [0.2, 0.25) is 0 Å². The minimum atomic E-state index is -4.50. The first-order valence-electron chi connectivity index (χ1n) is 3.74. The van der Waals surface area contributed by atoms with E-state index in [1.54, 1.807) is 0 Å². The van der Waals surface area contributed by atoms with Gasteiger partial charge in [0.25, 0.3) is 9.05 Å². The second-order valence-electron chi connectivity index (χ2n) is 2.86. The third kappa shape index (κ3) is 2.12. The summed E-state index contributed by atoms with van der Waals surface area (Å²) in [5, 5.41) is 10.4. The highest BCUT2D eigenvalue weighted by atomic mass is 35.7. The first-order chi connectivity index (χ1) is 7.16. The summed E-state index contributed by atoms with van der Waals surface area (Å²) in [7, 11) is 0.349. The zero-order valence-electron chi connectivity index (χ0n) is 7.70. The lowest BCUT2D eigenvalue weighted by molar-refractivity contribution is -0.390. The van der Waals surface area contributed by atoms with Gasteiger partial charge < -0.3 is 0 Å². The van der Waals surface area contributed by atoms with Crippen LogP contribution in [0.15, 0.2) is 11.0 Å². The summed E-state index contributed by atoms with van der Waals surface area (Å²) < 4.78 is 48.2. The zero-order chi connectivity index (χ0) is 12.7. The van der Waals surface area contributed by atoms with Crippen LogP contribution < -0.4 is 0 Å². The number of nitrogens with zero attached hydrogens (tertiary/aromatic N) is 1. The number of nitro groups is 1. The number of hydrogen-bond acceptors (Lipinski definition) is 4. The molecule has 0 saturated heterocycles. The first-order valence-corrected chi connectivity index (χ1v) is 6.05. The fraction of sp³-hybridized carbons (Fsp3) is 0.143. The maximum absolute atomic E-state index is 13.3. The van der Waals surface area contributed by atoms with Crippen molar-refractivity contribution < 1.29 is 22.1 Å². The van der Waals surface area contributed by atoms with Crippen LogP contribution >= 0.6 is 10.7 Å². The molecule has 1 rings (SSSR count). The van der Waals surface area contributed by atoms with Gasteiger partial charge in [0.05, 0.1) is 4.92 Å². The standard InChI is InChI=1S/C7H4ClF2NO4S/c1-3-2-4(16(8,14)15)6(10)7(5(3)9)11(12)13/h2H,1H3. The molecular formula is C7H4ClF2NO4S. The second kappa shape index (κ2) is 3.95. The molecule has 0 heterocycles. The number of nitro benzene ring substituents is 1. The Morgan fingerprint density at radius 3 is 2.25 bits per heavy atom. The van der Waals surface area contributed by atoms with Crippen LogP contribution in [0, 0.1) is 28.7 Å². The predicted molar refractivity (Wildman–Crippen MR) is 50.8 cm³/mol. The van der Waals surface area contributed by atoms with Crippen molar-refractivity contribution in [1.82, 2.24) is 0 Å². The van der Waals surface area contributed by atoms with E-state index in [0.29, 0.717) is 6.07 Å². The predicted octanol–water partition coefficient (Wildman–Crippen LogP) is 2.11. The van der Waals surface area contributed by atoms with Crippen LogP contribution in [-0.4, -0.2) is 13.3 Å². The fourth-order valence-electron chi connectivity index (χ4n) is 1.06. The minimum Gasteiger partial charge on any atom is -0.258 e. The van der Waals surface area contributed by atoms with E-state index in [0.717, 1.165) is 6.92 Å².